The number of hydrogen-bond acceptors (Lipinski definition) is 7. The molecule has 1 heterocycles. The van der Waals surface area contributed by atoms with Crippen LogP contribution in [-0.2, 0) is 19.1 Å². The summed E-state index contributed by atoms with van der Waals surface area (Å²) in [5, 5.41) is 5.02. The molecule has 0 radical (unpaired) electrons. The topological polar surface area (TPSA) is 111 Å². The van der Waals surface area contributed by atoms with Crippen LogP contribution >= 0.6 is 11.3 Å². The Morgan fingerprint density at radius 2 is 1.30 bits per heavy atom. The van der Waals surface area contributed by atoms with Gasteiger partial charge in [0.1, 0.15) is 9.75 Å². The summed E-state index contributed by atoms with van der Waals surface area (Å²) in [7, 11) is 0. The van der Waals surface area contributed by atoms with Gasteiger partial charge in [0.15, 0.2) is 12.2 Å². The monoisotopic (exact) mass is 394 g/mol. The maximum absolute atomic E-state index is 12.1. The molecule has 27 heavy (non-hydrogen) atoms. The van der Waals surface area contributed by atoms with Gasteiger partial charge >= 0.3 is 11.9 Å². The summed E-state index contributed by atoms with van der Waals surface area (Å²) in [6.07, 6.45) is 1.01. The van der Waals surface area contributed by atoms with E-state index in [9.17, 15) is 19.2 Å². The maximum Gasteiger partial charge on any atom is 0.349 e. The second-order valence-electron chi connectivity index (χ2n) is 5.33. The van der Waals surface area contributed by atoms with E-state index in [1.807, 2.05) is 0 Å². The molecule has 0 aliphatic heterocycles. The van der Waals surface area contributed by atoms with E-state index in [1.54, 1.807) is 0 Å². The van der Waals surface area contributed by atoms with E-state index in [2.05, 4.69) is 23.8 Å². The van der Waals surface area contributed by atoms with Crippen LogP contribution in [0.15, 0.2) is 37.4 Å². The van der Waals surface area contributed by atoms with Crippen LogP contribution in [0, 0.1) is 0 Å². The first-order valence-electron chi connectivity index (χ1n) is 8.09. The minimum Gasteiger partial charge on any atom is -0.448 e. The van der Waals surface area contributed by atoms with Crippen LogP contribution in [0.5, 0.6) is 0 Å². The molecule has 0 fully saturated rings. The molecule has 0 saturated heterocycles. The predicted octanol–water partition coefficient (Wildman–Crippen LogP) is 1.44. The smallest absolute Gasteiger partial charge is 0.349 e. The minimum absolute atomic E-state index is 0.133. The fourth-order valence-corrected chi connectivity index (χ4v) is 2.51. The fourth-order valence-electron chi connectivity index (χ4n) is 1.73. The van der Waals surface area contributed by atoms with Crippen molar-refractivity contribution in [3.05, 3.63) is 47.2 Å². The number of carbonyl (C=O) groups is 4. The second kappa shape index (κ2) is 10.9. The van der Waals surface area contributed by atoms with Gasteiger partial charge in [-0.3, -0.25) is 9.59 Å². The molecule has 1 aromatic rings. The lowest BCUT2D eigenvalue weighted by atomic mass is 10.3. The summed E-state index contributed by atoms with van der Waals surface area (Å²) in [6, 6.07) is 2.78. The molecule has 2 N–H and O–H groups in total. The number of nitrogens with one attached hydrogen (secondary N) is 2. The zero-order chi connectivity index (χ0) is 20.4. The Hall–Kier alpha value is -2.94. The third-order valence-electron chi connectivity index (χ3n) is 3.16. The Balaban J connectivity index is 2.63. The summed E-state index contributed by atoms with van der Waals surface area (Å²) in [6.45, 7) is 10.3. The SMILES string of the molecule is C=CCNC(=O)[C@H](C)OC(=O)c1ccc(C(=O)O[C@@H](C)C(=O)NCC=C)s1. The molecule has 1 aromatic heterocycles. The molecule has 0 spiro atoms. The van der Waals surface area contributed by atoms with Gasteiger partial charge in [-0.05, 0) is 26.0 Å². The standard InChI is InChI=1S/C18H22N2O6S/c1-5-9-19-15(21)11(3)25-17(23)13-7-8-14(27-13)18(24)26-12(4)16(22)20-10-6-2/h5-8,11-12H,1-2,9-10H2,3-4H3,(H,19,21)(H,20,22)/t11-,12-/m0/s1. The normalized spacial score (nSPS) is 12.2. The van der Waals surface area contributed by atoms with E-state index in [1.165, 1.54) is 38.1 Å². The average molecular weight is 394 g/mol. The number of esters is 2. The first-order chi connectivity index (χ1) is 12.8. The number of ether oxygens (including phenoxy) is 2. The van der Waals surface area contributed by atoms with Crippen LogP contribution in [0.4, 0.5) is 0 Å². The number of amides is 2. The van der Waals surface area contributed by atoms with Crippen molar-refractivity contribution >= 4 is 35.1 Å². The number of thiophene rings is 1. The predicted molar refractivity (Wildman–Crippen MR) is 100 cm³/mol. The van der Waals surface area contributed by atoms with Gasteiger partial charge in [0, 0.05) is 13.1 Å². The molecule has 0 aromatic carbocycles. The van der Waals surface area contributed by atoms with Crippen LogP contribution in [-0.4, -0.2) is 49.1 Å². The third-order valence-corrected chi connectivity index (χ3v) is 4.20. The van der Waals surface area contributed by atoms with Gasteiger partial charge in [-0.2, -0.15) is 0 Å². The molecular weight excluding hydrogens is 372 g/mol. The van der Waals surface area contributed by atoms with E-state index in [0.29, 0.717) is 0 Å². The first-order valence-corrected chi connectivity index (χ1v) is 8.90. The van der Waals surface area contributed by atoms with Gasteiger partial charge in [-0.15, -0.1) is 24.5 Å². The number of carbonyl (C=O) groups excluding carboxylic acids is 4. The van der Waals surface area contributed by atoms with Crippen molar-refractivity contribution in [2.45, 2.75) is 26.1 Å². The molecule has 2 amide bonds. The highest BCUT2D eigenvalue weighted by molar-refractivity contribution is 7.15. The van der Waals surface area contributed by atoms with E-state index in [-0.39, 0.29) is 22.8 Å². The molecule has 2 atom stereocenters. The zero-order valence-corrected chi connectivity index (χ0v) is 16.0. The van der Waals surface area contributed by atoms with Crippen LogP contribution in [0.1, 0.15) is 33.2 Å². The molecule has 8 nitrogen and oxygen atoms in total. The Labute approximate surface area is 161 Å². The molecular formula is C18H22N2O6S. The lowest BCUT2D eigenvalue weighted by molar-refractivity contribution is -0.129. The summed E-state index contributed by atoms with van der Waals surface area (Å²) < 4.78 is 10.1. The van der Waals surface area contributed by atoms with Gasteiger partial charge < -0.3 is 20.1 Å². The zero-order valence-electron chi connectivity index (χ0n) is 15.2. The van der Waals surface area contributed by atoms with Crippen molar-refractivity contribution in [2.24, 2.45) is 0 Å². The van der Waals surface area contributed by atoms with Crippen molar-refractivity contribution in [3.8, 4) is 0 Å². The average Bonchev–Trinajstić information content (AvgIpc) is 3.14. The minimum atomic E-state index is -0.997. The summed E-state index contributed by atoms with van der Waals surface area (Å²) in [5.74, 6) is -2.40. The first kappa shape index (κ1) is 22.1. The van der Waals surface area contributed by atoms with Crippen LogP contribution in [0.2, 0.25) is 0 Å². The quantitative estimate of drug-likeness (QED) is 0.459. The molecule has 9 heteroatoms. The highest BCUT2D eigenvalue weighted by Crippen LogP contribution is 2.19. The molecule has 146 valence electrons. The van der Waals surface area contributed by atoms with Gasteiger partial charge in [0.2, 0.25) is 0 Å². The van der Waals surface area contributed by atoms with Crippen molar-refractivity contribution in [2.75, 3.05) is 13.1 Å². The van der Waals surface area contributed by atoms with Crippen LogP contribution in [0.3, 0.4) is 0 Å². The van der Waals surface area contributed by atoms with Gasteiger partial charge in [0.25, 0.3) is 11.8 Å². The van der Waals surface area contributed by atoms with Crippen LogP contribution in [0.25, 0.3) is 0 Å². The van der Waals surface area contributed by atoms with Crippen molar-refractivity contribution in [3.63, 3.8) is 0 Å². The largest absolute Gasteiger partial charge is 0.448 e. The Morgan fingerprint density at radius 3 is 1.63 bits per heavy atom. The highest BCUT2D eigenvalue weighted by Gasteiger charge is 2.23. The molecule has 0 aliphatic carbocycles. The Morgan fingerprint density at radius 1 is 0.926 bits per heavy atom. The third kappa shape index (κ3) is 7.06. The van der Waals surface area contributed by atoms with E-state index < -0.39 is 36.0 Å². The molecule has 1 rings (SSSR count). The molecule has 0 aliphatic rings. The number of hydrogen-bond donors (Lipinski definition) is 2. The maximum atomic E-state index is 12.1. The number of rotatable bonds is 10. The Kier molecular flexibility index (Phi) is 8.94. The van der Waals surface area contributed by atoms with E-state index in [0.717, 1.165) is 11.3 Å². The summed E-state index contributed by atoms with van der Waals surface area (Å²) in [4.78, 5) is 47.8. The van der Waals surface area contributed by atoms with Crippen LogP contribution < -0.4 is 10.6 Å². The van der Waals surface area contributed by atoms with Gasteiger partial charge in [0.05, 0.1) is 0 Å². The molecule has 0 saturated carbocycles. The van der Waals surface area contributed by atoms with Crippen molar-refractivity contribution < 1.29 is 28.7 Å². The molecule has 0 bridgehead atoms. The lowest BCUT2D eigenvalue weighted by Crippen LogP contribution is -2.35. The second-order valence-corrected chi connectivity index (χ2v) is 6.41. The molecule has 0 unspecified atom stereocenters. The lowest BCUT2D eigenvalue weighted by Gasteiger charge is -2.12. The van der Waals surface area contributed by atoms with E-state index in [4.69, 9.17) is 9.47 Å². The summed E-state index contributed by atoms with van der Waals surface area (Å²) in [5.41, 5.74) is 0. The fraction of sp³-hybridized carbons (Fsp3) is 0.333. The van der Waals surface area contributed by atoms with Gasteiger partial charge in [-0.25, -0.2) is 9.59 Å². The van der Waals surface area contributed by atoms with E-state index >= 15 is 0 Å². The van der Waals surface area contributed by atoms with Crippen molar-refractivity contribution in [1.29, 1.82) is 0 Å². The summed E-state index contributed by atoms with van der Waals surface area (Å²) >= 11 is 0.847. The Bertz CT molecular complexity index is 669. The van der Waals surface area contributed by atoms with Gasteiger partial charge in [-0.1, -0.05) is 12.2 Å². The van der Waals surface area contributed by atoms with Crippen molar-refractivity contribution in [1.82, 2.24) is 10.6 Å². The highest BCUT2D eigenvalue weighted by atomic mass is 32.1.